The third-order valence-corrected chi connectivity index (χ3v) is 7.38. The molecule has 2 aliphatic heterocycles. The first-order chi connectivity index (χ1) is 19.2. The fraction of sp³-hybridized carbons (Fsp3) is 0.400. The molecule has 0 bridgehead atoms. The van der Waals surface area contributed by atoms with Gasteiger partial charge in [-0.3, -0.25) is 0 Å². The maximum absolute atomic E-state index is 14.0. The topological polar surface area (TPSA) is 79.1 Å². The first-order valence-electron chi connectivity index (χ1n) is 13.8. The van der Waals surface area contributed by atoms with Gasteiger partial charge in [-0.05, 0) is 75.6 Å². The van der Waals surface area contributed by atoms with Crippen LogP contribution < -0.4 is 9.80 Å². The molecule has 1 aromatic carbocycles. The van der Waals surface area contributed by atoms with Gasteiger partial charge in [-0.1, -0.05) is 18.2 Å². The zero-order valence-corrected chi connectivity index (χ0v) is 23.1. The predicted octanol–water partition coefficient (Wildman–Crippen LogP) is 5.33. The first kappa shape index (κ1) is 26.0. The Morgan fingerprint density at radius 2 is 1.77 bits per heavy atom. The van der Waals surface area contributed by atoms with Crippen LogP contribution in [-0.4, -0.2) is 68.9 Å². The van der Waals surface area contributed by atoms with Crippen LogP contribution in [0.4, 0.5) is 20.8 Å². The second-order valence-corrected chi connectivity index (χ2v) is 11.3. The molecular weight excluding hydrogens is 509 g/mol. The molecule has 0 spiro atoms. The van der Waals surface area contributed by atoms with E-state index in [4.69, 9.17) is 14.8 Å². The summed E-state index contributed by atoms with van der Waals surface area (Å²) in [4.78, 5) is 28.2. The molecule has 3 aromatic heterocycles. The van der Waals surface area contributed by atoms with Gasteiger partial charge in [0, 0.05) is 32.7 Å². The highest BCUT2D eigenvalue weighted by Gasteiger charge is 2.29. The van der Waals surface area contributed by atoms with Gasteiger partial charge in [-0.25, -0.2) is 23.7 Å². The quantitative estimate of drug-likeness (QED) is 0.344. The molecule has 2 aliphatic rings. The molecule has 1 unspecified atom stereocenters. The number of anilines is 2. The number of fused-ring (bicyclic) bond motifs is 1. The summed E-state index contributed by atoms with van der Waals surface area (Å²) in [7, 11) is 0. The van der Waals surface area contributed by atoms with Gasteiger partial charge in [0.1, 0.15) is 28.7 Å². The van der Waals surface area contributed by atoms with Gasteiger partial charge in [0.25, 0.3) is 0 Å². The summed E-state index contributed by atoms with van der Waals surface area (Å²) in [5, 5.41) is 4.97. The Morgan fingerprint density at radius 1 is 0.975 bits per heavy atom. The number of ether oxygens (including phenoxy) is 1. The Labute approximate surface area is 233 Å². The van der Waals surface area contributed by atoms with Crippen molar-refractivity contribution in [3.63, 3.8) is 0 Å². The van der Waals surface area contributed by atoms with Crippen LogP contribution in [-0.2, 0) is 4.74 Å². The summed E-state index contributed by atoms with van der Waals surface area (Å²) in [6.07, 6.45) is 3.49. The fourth-order valence-corrected chi connectivity index (χ4v) is 5.48. The van der Waals surface area contributed by atoms with E-state index in [9.17, 15) is 9.18 Å². The van der Waals surface area contributed by atoms with E-state index in [1.54, 1.807) is 23.2 Å². The Morgan fingerprint density at radius 3 is 2.55 bits per heavy atom. The van der Waals surface area contributed by atoms with E-state index in [0.717, 1.165) is 53.6 Å². The fourth-order valence-electron chi connectivity index (χ4n) is 5.48. The van der Waals surface area contributed by atoms with Gasteiger partial charge >= 0.3 is 6.09 Å². The maximum atomic E-state index is 14.0. The number of carbonyl (C=O) groups excluding carboxylic acids is 1. The zero-order valence-electron chi connectivity index (χ0n) is 23.1. The van der Waals surface area contributed by atoms with Gasteiger partial charge in [0.15, 0.2) is 5.65 Å². The van der Waals surface area contributed by atoms with Crippen molar-refractivity contribution in [2.24, 2.45) is 0 Å². The lowest BCUT2D eigenvalue weighted by molar-refractivity contribution is 0.0240. The third kappa shape index (κ3) is 5.30. The van der Waals surface area contributed by atoms with Crippen LogP contribution in [0.25, 0.3) is 17.0 Å². The van der Waals surface area contributed by atoms with Crippen molar-refractivity contribution in [2.75, 3.05) is 42.5 Å². The summed E-state index contributed by atoms with van der Waals surface area (Å²) in [5.74, 6) is 1.45. The molecule has 2 saturated heterocycles. The molecule has 208 valence electrons. The minimum Gasteiger partial charge on any atom is -0.444 e. The number of halogens is 1. The highest BCUT2D eigenvalue weighted by Crippen LogP contribution is 2.35. The van der Waals surface area contributed by atoms with E-state index in [-0.39, 0.29) is 18.0 Å². The molecule has 2 fully saturated rings. The largest absolute Gasteiger partial charge is 0.444 e. The molecule has 5 heterocycles. The normalized spacial score (nSPS) is 18.0. The average molecular weight is 544 g/mol. The number of amides is 1. The Bertz CT molecular complexity index is 1520. The van der Waals surface area contributed by atoms with E-state index in [0.29, 0.717) is 26.2 Å². The average Bonchev–Trinajstić information content (AvgIpc) is 3.60. The molecule has 4 aromatic rings. The molecule has 10 heteroatoms. The molecule has 0 aliphatic carbocycles. The van der Waals surface area contributed by atoms with Gasteiger partial charge in [0.2, 0.25) is 0 Å². The number of aromatic nitrogens is 4. The van der Waals surface area contributed by atoms with E-state index < -0.39 is 5.60 Å². The van der Waals surface area contributed by atoms with Crippen LogP contribution in [0.5, 0.6) is 0 Å². The van der Waals surface area contributed by atoms with Gasteiger partial charge < -0.3 is 19.4 Å². The summed E-state index contributed by atoms with van der Waals surface area (Å²) in [6, 6.07) is 16.8. The first-order valence-corrected chi connectivity index (χ1v) is 13.8. The Kier molecular flexibility index (Phi) is 6.77. The third-order valence-electron chi connectivity index (χ3n) is 7.38. The van der Waals surface area contributed by atoms with Gasteiger partial charge in [-0.2, -0.15) is 0 Å². The zero-order chi connectivity index (χ0) is 27.9. The lowest BCUT2D eigenvalue weighted by Crippen LogP contribution is -2.50. The van der Waals surface area contributed by atoms with Crippen molar-refractivity contribution in [3.8, 4) is 11.4 Å². The maximum Gasteiger partial charge on any atom is 0.410 e. The van der Waals surface area contributed by atoms with Crippen LogP contribution in [0.3, 0.4) is 0 Å². The van der Waals surface area contributed by atoms with E-state index in [1.165, 1.54) is 6.07 Å². The molecule has 0 saturated carbocycles. The molecule has 6 rings (SSSR count). The van der Waals surface area contributed by atoms with Crippen molar-refractivity contribution in [1.82, 2.24) is 24.5 Å². The Hall–Kier alpha value is -4.21. The van der Waals surface area contributed by atoms with Crippen molar-refractivity contribution in [3.05, 3.63) is 72.2 Å². The van der Waals surface area contributed by atoms with Crippen LogP contribution in [0, 0.1) is 5.82 Å². The number of hydrogen-bond donors (Lipinski definition) is 0. The number of imidazole rings is 1. The highest BCUT2D eigenvalue weighted by atomic mass is 19.1. The number of carbonyl (C=O) groups is 1. The predicted molar refractivity (Wildman–Crippen MR) is 152 cm³/mol. The lowest BCUT2D eigenvalue weighted by Gasteiger charge is -2.36. The molecule has 1 atom stereocenters. The number of benzene rings is 1. The number of pyridine rings is 1. The van der Waals surface area contributed by atoms with Crippen LogP contribution in [0.1, 0.15) is 45.2 Å². The summed E-state index contributed by atoms with van der Waals surface area (Å²) >= 11 is 0. The highest BCUT2D eigenvalue weighted by molar-refractivity contribution is 5.69. The van der Waals surface area contributed by atoms with Crippen LogP contribution in [0.15, 0.2) is 60.8 Å². The minimum atomic E-state index is -0.513. The smallest absolute Gasteiger partial charge is 0.410 e. The molecule has 9 nitrogen and oxygen atoms in total. The molecule has 1 amide bonds. The van der Waals surface area contributed by atoms with E-state index >= 15 is 0 Å². The second kappa shape index (κ2) is 10.4. The minimum absolute atomic E-state index is 0.0772. The van der Waals surface area contributed by atoms with Crippen molar-refractivity contribution < 1.29 is 13.9 Å². The van der Waals surface area contributed by atoms with E-state index in [2.05, 4.69) is 14.8 Å². The number of nitrogens with zero attached hydrogens (tertiary/aromatic N) is 7. The van der Waals surface area contributed by atoms with Gasteiger partial charge in [-0.15, -0.1) is 5.10 Å². The monoisotopic (exact) mass is 543 g/mol. The van der Waals surface area contributed by atoms with E-state index in [1.807, 2.05) is 61.7 Å². The molecule has 0 N–H and O–H groups in total. The summed E-state index contributed by atoms with van der Waals surface area (Å²) in [6.45, 7) is 8.97. The number of rotatable bonds is 4. The van der Waals surface area contributed by atoms with Gasteiger partial charge in [0.05, 0.1) is 17.9 Å². The summed E-state index contributed by atoms with van der Waals surface area (Å²) < 4.78 is 21.3. The van der Waals surface area contributed by atoms with Crippen molar-refractivity contribution >= 4 is 23.4 Å². The second-order valence-electron chi connectivity index (χ2n) is 11.3. The van der Waals surface area contributed by atoms with Crippen LogP contribution >= 0.6 is 0 Å². The standard InChI is InChI=1S/C30H34FN7O2/c1-30(2,3)40-29(39)36-17-15-35(16-18-36)27-11-5-9-23(33-27)25-20-32-26-12-13-28(34-38(25)26)37-14-6-10-24(37)21-7-4-8-22(31)19-21/h4-5,7-9,11-13,19-20,24H,6,10,14-18H2,1-3H3. The SMILES string of the molecule is CC(C)(C)OC(=O)N1CCN(c2cccc(-c3cnc4ccc(N5CCCC5c5cccc(F)c5)nn34)n2)CC1. The van der Waals surface area contributed by atoms with Crippen LogP contribution in [0.2, 0.25) is 0 Å². The molecule has 0 radical (unpaired) electrons. The van der Waals surface area contributed by atoms with Crippen molar-refractivity contribution in [2.45, 2.75) is 45.3 Å². The molecule has 40 heavy (non-hydrogen) atoms. The Balaban J connectivity index is 1.22. The number of hydrogen-bond acceptors (Lipinski definition) is 7. The molecular formula is C30H34FN7O2. The van der Waals surface area contributed by atoms with Crippen molar-refractivity contribution in [1.29, 1.82) is 0 Å². The summed E-state index contributed by atoms with van der Waals surface area (Å²) in [5.41, 5.74) is 2.76. The number of piperazine rings is 1. The lowest BCUT2D eigenvalue weighted by atomic mass is 10.0.